The maximum Gasteiger partial charge on any atom is 0.229 e. The van der Waals surface area contributed by atoms with Crippen LogP contribution in [0.3, 0.4) is 0 Å². The molecule has 1 aromatic rings. The lowest BCUT2D eigenvalue weighted by Gasteiger charge is -2.54. The van der Waals surface area contributed by atoms with Gasteiger partial charge in [0.05, 0.1) is 11.5 Å². The fraction of sp³-hybridized carbons (Fsp3) is 0.417. The minimum Gasteiger partial charge on any atom is -0.348 e. The summed E-state index contributed by atoms with van der Waals surface area (Å²) in [4.78, 5) is 11.5. The van der Waals surface area contributed by atoms with Crippen LogP contribution in [0.25, 0.3) is 0 Å². The van der Waals surface area contributed by atoms with Gasteiger partial charge in [0.1, 0.15) is 5.82 Å². The predicted octanol–water partition coefficient (Wildman–Crippen LogP) is 2.17. The number of amides is 1. The molecule has 3 rings (SSSR count). The van der Waals surface area contributed by atoms with E-state index in [0.29, 0.717) is 0 Å². The van der Waals surface area contributed by atoms with Crippen LogP contribution in [-0.4, -0.2) is 5.91 Å². The molecule has 2 fully saturated rings. The summed E-state index contributed by atoms with van der Waals surface area (Å²) in [5, 5.41) is 2.91. The van der Waals surface area contributed by atoms with E-state index in [0.717, 1.165) is 24.8 Å². The van der Waals surface area contributed by atoms with Gasteiger partial charge in [-0.3, -0.25) is 4.79 Å². The second kappa shape index (κ2) is 2.81. The maximum atomic E-state index is 12.7. The smallest absolute Gasteiger partial charge is 0.229 e. The molecule has 1 saturated carbocycles. The fourth-order valence-electron chi connectivity index (χ4n) is 2.60. The van der Waals surface area contributed by atoms with Crippen LogP contribution >= 0.6 is 0 Å². The third-order valence-electron chi connectivity index (χ3n) is 3.73. The van der Waals surface area contributed by atoms with Crippen molar-refractivity contribution in [2.24, 2.45) is 5.41 Å². The lowest BCUT2D eigenvalue weighted by Crippen LogP contribution is -2.64. The number of β-lactam (4-membered cyclic amide) rings is 1. The first kappa shape index (κ1) is 8.89. The molecular weight excluding hydrogens is 193 g/mol. The highest BCUT2D eigenvalue weighted by molar-refractivity contribution is 5.91. The van der Waals surface area contributed by atoms with Gasteiger partial charge in [0, 0.05) is 0 Å². The van der Waals surface area contributed by atoms with Gasteiger partial charge in [-0.2, -0.15) is 0 Å². The Morgan fingerprint density at radius 2 is 1.93 bits per heavy atom. The highest BCUT2D eigenvalue weighted by Gasteiger charge is 2.58. The van der Waals surface area contributed by atoms with Crippen molar-refractivity contribution in [1.29, 1.82) is 0 Å². The van der Waals surface area contributed by atoms with E-state index in [1.807, 2.05) is 0 Å². The molecule has 1 heterocycles. The van der Waals surface area contributed by atoms with Crippen molar-refractivity contribution in [3.05, 3.63) is 35.6 Å². The van der Waals surface area contributed by atoms with Crippen LogP contribution in [-0.2, 0) is 4.79 Å². The summed E-state index contributed by atoms with van der Waals surface area (Å²) in [6, 6.07) is 6.54. The third-order valence-corrected chi connectivity index (χ3v) is 3.73. The van der Waals surface area contributed by atoms with E-state index < -0.39 is 0 Å². The molecule has 1 aromatic carbocycles. The molecule has 1 spiro atoms. The van der Waals surface area contributed by atoms with Crippen molar-refractivity contribution >= 4 is 5.91 Å². The first-order chi connectivity index (χ1) is 7.22. The molecule has 78 valence electrons. The molecule has 2 nitrogen and oxygen atoms in total. The lowest BCUT2D eigenvalue weighted by atomic mass is 9.57. The standard InChI is InChI=1S/C12H12FNO/c13-9-4-2-8(3-5-9)10-12(6-1-7-12)11(15)14-10/h2-5,10H,1,6-7H2,(H,14,15). The van der Waals surface area contributed by atoms with Crippen LogP contribution in [0.5, 0.6) is 0 Å². The molecule has 15 heavy (non-hydrogen) atoms. The van der Waals surface area contributed by atoms with E-state index in [4.69, 9.17) is 0 Å². The summed E-state index contributed by atoms with van der Waals surface area (Å²) in [7, 11) is 0. The Labute approximate surface area is 87.5 Å². The molecule has 1 aliphatic carbocycles. The average molecular weight is 205 g/mol. The van der Waals surface area contributed by atoms with Crippen LogP contribution in [0.15, 0.2) is 24.3 Å². The number of carbonyl (C=O) groups is 1. The Bertz CT molecular complexity index is 408. The first-order valence-corrected chi connectivity index (χ1v) is 5.29. The van der Waals surface area contributed by atoms with Gasteiger partial charge < -0.3 is 5.32 Å². The van der Waals surface area contributed by atoms with Crippen molar-refractivity contribution < 1.29 is 9.18 Å². The van der Waals surface area contributed by atoms with Crippen LogP contribution in [0.2, 0.25) is 0 Å². The number of benzene rings is 1. The molecule has 1 unspecified atom stereocenters. The SMILES string of the molecule is O=C1NC(c2ccc(F)cc2)C12CCC2. The summed E-state index contributed by atoms with van der Waals surface area (Å²) in [6.07, 6.45) is 3.08. The summed E-state index contributed by atoms with van der Waals surface area (Å²) >= 11 is 0. The third kappa shape index (κ3) is 1.06. The Morgan fingerprint density at radius 1 is 1.27 bits per heavy atom. The highest BCUT2D eigenvalue weighted by Crippen LogP contribution is 2.55. The normalized spacial score (nSPS) is 26.7. The average Bonchev–Trinajstić information content (AvgIpc) is 2.13. The van der Waals surface area contributed by atoms with Gasteiger partial charge in [-0.15, -0.1) is 0 Å². The van der Waals surface area contributed by atoms with E-state index in [2.05, 4.69) is 5.32 Å². The number of hydrogen-bond donors (Lipinski definition) is 1. The molecule has 1 amide bonds. The molecular formula is C12H12FNO. The zero-order valence-corrected chi connectivity index (χ0v) is 8.29. The van der Waals surface area contributed by atoms with E-state index in [1.54, 1.807) is 12.1 Å². The van der Waals surface area contributed by atoms with Gasteiger partial charge in [-0.05, 0) is 30.5 Å². The van der Waals surface area contributed by atoms with Crippen molar-refractivity contribution in [3.63, 3.8) is 0 Å². The Hall–Kier alpha value is -1.38. The molecule has 0 aromatic heterocycles. The van der Waals surface area contributed by atoms with Gasteiger partial charge in [-0.1, -0.05) is 18.6 Å². The maximum absolute atomic E-state index is 12.7. The zero-order valence-electron chi connectivity index (χ0n) is 8.29. The van der Waals surface area contributed by atoms with Crippen LogP contribution in [0, 0.1) is 11.2 Å². The Kier molecular flexibility index (Phi) is 1.67. The molecule has 1 N–H and O–H groups in total. The second-order valence-corrected chi connectivity index (χ2v) is 4.47. The predicted molar refractivity (Wildman–Crippen MR) is 53.6 cm³/mol. The van der Waals surface area contributed by atoms with Crippen molar-refractivity contribution in [2.75, 3.05) is 0 Å². The van der Waals surface area contributed by atoms with Crippen LogP contribution in [0.4, 0.5) is 4.39 Å². The van der Waals surface area contributed by atoms with E-state index in [1.165, 1.54) is 12.1 Å². The van der Waals surface area contributed by atoms with E-state index in [-0.39, 0.29) is 23.2 Å². The summed E-state index contributed by atoms with van der Waals surface area (Å²) in [5.74, 6) is -0.0601. The molecule has 1 saturated heterocycles. The number of hydrogen-bond acceptors (Lipinski definition) is 1. The van der Waals surface area contributed by atoms with Gasteiger partial charge in [0.25, 0.3) is 0 Å². The number of rotatable bonds is 1. The first-order valence-electron chi connectivity index (χ1n) is 5.29. The Morgan fingerprint density at radius 3 is 2.40 bits per heavy atom. The quantitative estimate of drug-likeness (QED) is 0.699. The van der Waals surface area contributed by atoms with Crippen LogP contribution in [0.1, 0.15) is 30.9 Å². The Balaban J connectivity index is 1.90. The fourth-order valence-corrected chi connectivity index (χ4v) is 2.60. The minimum absolute atomic E-state index is 0.111. The van der Waals surface area contributed by atoms with E-state index in [9.17, 15) is 9.18 Å². The van der Waals surface area contributed by atoms with Gasteiger partial charge >= 0.3 is 0 Å². The van der Waals surface area contributed by atoms with Gasteiger partial charge in [0.2, 0.25) is 5.91 Å². The largest absolute Gasteiger partial charge is 0.348 e. The summed E-state index contributed by atoms with van der Waals surface area (Å²) < 4.78 is 12.7. The number of nitrogens with one attached hydrogen (secondary N) is 1. The molecule has 1 aliphatic heterocycles. The highest BCUT2D eigenvalue weighted by atomic mass is 19.1. The zero-order chi connectivity index (χ0) is 10.5. The molecule has 2 aliphatic rings. The van der Waals surface area contributed by atoms with Gasteiger partial charge in [0.15, 0.2) is 0 Å². The monoisotopic (exact) mass is 205 g/mol. The molecule has 0 bridgehead atoms. The summed E-state index contributed by atoms with van der Waals surface area (Å²) in [6.45, 7) is 0. The van der Waals surface area contributed by atoms with Crippen molar-refractivity contribution in [3.8, 4) is 0 Å². The van der Waals surface area contributed by atoms with Crippen molar-refractivity contribution in [2.45, 2.75) is 25.3 Å². The number of halogens is 1. The number of carbonyl (C=O) groups excluding carboxylic acids is 1. The van der Waals surface area contributed by atoms with E-state index >= 15 is 0 Å². The topological polar surface area (TPSA) is 29.1 Å². The molecule has 0 radical (unpaired) electrons. The minimum atomic E-state index is -0.230. The molecule has 3 heteroatoms. The molecule has 1 atom stereocenters. The van der Waals surface area contributed by atoms with Gasteiger partial charge in [-0.25, -0.2) is 4.39 Å². The lowest BCUT2D eigenvalue weighted by molar-refractivity contribution is -0.155. The second-order valence-electron chi connectivity index (χ2n) is 4.47. The van der Waals surface area contributed by atoms with Crippen molar-refractivity contribution in [1.82, 2.24) is 5.32 Å². The van der Waals surface area contributed by atoms with Crippen LogP contribution < -0.4 is 5.32 Å². The summed E-state index contributed by atoms with van der Waals surface area (Å²) in [5.41, 5.74) is 0.869.